The molecule has 1 N–H and O–H groups in total. The van der Waals surface area contributed by atoms with Crippen LogP contribution in [0.1, 0.15) is 51.8 Å². The minimum atomic E-state index is -0.424. The zero-order valence-electron chi connectivity index (χ0n) is 13.8. The lowest BCUT2D eigenvalue weighted by molar-refractivity contribution is 0.0920. The zero-order valence-corrected chi connectivity index (χ0v) is 13.8. The molecule has 2 aromatic rings. The Bertz CT molecular complexity index is 815. The Balaban J connectivity index is 2.05. The first-order valence-corrected chi connectivity index (χ1v) is 7.69. The Kier molecular flexibility index (Phi) is 3.72. The zero-order chi connectivity index (χ0) is 17.5. The standard InChI is InChI=1S/C19H18N2O3/c1-19(2,3)20-16(22)14-10-6-7-11-15(14)21-17(23)12-8-4-5-9-13(12)18(21)24/h4-11H,1-3H3,(H,20,22). The molecule has 0 saturated carbocycles. The lowest BCUT2D eigenvalue weighted by atomic mass is 10.1. The molecule has 0 aliphatic carbocycles. The van der Waals surface area contributed by atoms with Gasteiger partial charge in [0.1, 0.15) is 0 Å². The van der Waals surface area contributed by atoms with E-state index in [-0.39, 0.29) is 5.91 Å². The first kappa shape index (κ1) is 15.9. The number of nitrogens with zero attached hydrogens (tertiary/aromatic N) is 1. The summed E-state index contributed by atoms with van der Waals surface area (Å²) in [5, 5.41) is 2.86. The van der Waals surface area contributed by atoms with Crippen LogP contribution in [-0.4, -0.2) is 23.3 Å². The number of amides is 3. The molecule has 0 saturated heterocycles. The van der Waals surface area contributed by atoms with E-state index >= 15 is 0 Å². The number of anilines is 1. The van der Waals surface area contributed by atoms with Crippen LogP contribution in [0, 0.1) is 0 Å². The Hall–Kier alpha value is -2.95. The van der Waals surface area contributed by atoms with E-state index < -0.39 is 17.4 Å². The fraction of sp³-hybridized carbons (Fsp3) is 0.211. The Morgan fingerprint density at radius 2 is 1.38 bits per heavy atom. The summed E-state index contributed by atoms with van der Waals surface area (Å²) in [6, 6.07) is 13.3. The summed E-state index contributed by atoms with van der Waals surface area (Å²) in [6.45, 7) is 5.61. The molecule has 0 spiro atoms. The van der Waals surface area contributed by atoms with E-state index in [1.54, 1.807) is 48.5 Å². The van der Waals surface area contributed by atoms with E-state index in [9.17, 15) is 14.4 Å². The smallest absolute Gasteiger partial charge is 0.266 e. The van der Waals surface area contributed by atoms with E-state index in [4.69, 9.17) is 0 Å². The highest BCUT2D eigenvalue weighted by Gasteiger charge is 2.38. The molecule has 1 aliphatic heterocycles. The largest absolute Gasteiger partial charge is 0.347 e. The second-order valence-corrected chi connectivity index (χ2v) is 6.71. The maximum atomic E-state index is 12.6. The number of benzene rings is 2. The van der Waals surface area contributed by atoms with Crippen LogP contribution in [0.5, 0.6) is 0 Å². The van der Waals surface area contributed by atoms with Crippen molar-refractivity contribution in [3.63, 3.8) is 0 Å². The highest BCUT2D eigenvalue weighted by Crippen LogP contribution is 2.30. The first-order chi connectivity index (χ1) is 11.3. The SMILES string of the molecule is CC(C)(C)NC(=O)c1ccccc1N1C(=O)c2ccccc2C1=O. The molecule has 3 rings (SSSR count). The quantitative estimate of drug-likeness (QED) is 0.864. The fourth-order valence-electron chi connectivity index (χ4n) is 2.68. The summed E-state index contributed by atoms with van der Waals surface area (Å²) in [5.41, 5.74) is 0.876. The van der Waals surface area contributed by atoms with Crippen molar-refractivity contribution in [1.82, 2.24) is 5.32 Å². The monoisotopic (exact) mass is 322 g/mol. The van der Waals surface area contributed by atoms with Gasteiger partial charge < -0.3 is 5.32 Å². The number of rotatable bonds is 2. The highest BCUT2D eigenvalue weighted by atomic mass is 16.2. The molecule has 0 radical (unpaired) electrons. The summed E-state index contributed by atoms with van der Waals surface area (Å²) in [5.74, 6) is -1.15. The van der Waals surface area contributed by atoms with E-state index in [2.05, 4.69) is 5.32 Å². The van der Waals surface area contributed by atoms with Gasteiger partial charge in [-0.1, -0.05) is 24.3 Å². The van der Waals surface area contributed by atoms with Crippen LogP contribution in [0.15, 0.2) is 48.5 Å². The van der Waals surface area contributed by atoms with Crippen LogP contribution in [-0.2, 0) is 0 Å². The van der Waals surface area contributed by atoms with Crippen molar-refractivity contribution in [2.75, 3.05) is 4.90 Å². The molecular formula is C19H18N2O3. The minimum Gasteiger partial charge on any atom is -0.347 e. The third-order valence-corrected chi connectivity index (χ3v) is 3.67. The molecule has 5 nitrogen and oxygen atoms in total. The number of fused-ring (bicyclic) bond motifs is 1. The van der Waals surface area contributed by atoms with Gasteiger partial charge in [0.25, 0.3) is 17.7 Å². The number of para-hydroxylation sites is 1. The van der Waals surface area contributed by atoms with Crippen LogP contribution in [0.4, 0.5) is 5.69 Å². The summed E-state index contributed by atoms with van der Waals surface area (Å²) in [6.07, 6.45) is 0. The van der Waals surface area contributed by atoms with Crippen molar-refractivity contribution in [1.29, 1.82) is 0 Å². The molecule has 1 aliphatic rings. The van der Waals surface area contributed by atoms with Crippen molar-refractivity contribution in [2.24, 2.45) is 0 Å². The normalized spacial score (nSPS) is 13.9. The van der Waals surface area contributed by atoms with Crippen LogP contribution in [0.3, 0.4) is 0 Å². The highest BCUT2D eigenvalue weighted by molar-refractivity contribution is 6.35. The molecular weight excluding hydrogens is 304 g/mol. The van der Waals surface area contributed by atoms with Crippen LogP contribution in [0.2, 0.25) is 0 Å². The predicted octanol–water partition coefficient (Wildman–Crippen LogP) is 3.02. The van der Waals surface area contributed by atoms with Gasteiger partial charge in [0.15, 0.2) is 0 Å². The lowest BCUT2D eigenvalue weighted by Gasteiger charge is -2.23. The van der Waals surface area contributed by atoms with E-state index in [0.29, 0.717) is 22.4 Å². The van der Waals surface area contributed by atoms with Gasteiger partial charge in [-0.05, 0) is 45.0 Å². The van der Waals surface area contributed by atoms with Crippen molar-refractivity contribution >= 4 is 23.4 Å². The van der Waals surface area contributed by atoms with Crippen molar-refractivity contribution in [2.45, 2.75) is 26.3 Å². The van der Waals surface area contributed by atoms with E-state index in [1.807, 2.05) is 20.8 Å². The Labute approximate surface area is 140 Å². The van der Waals surface area contributed by atoms with Gasteiger partial charge in [0, 0.05) is 5.54 Å². The van der Waals surface area contributed by atoms with E-state index in [0.717, 1.165) is 4.90 Å². The number of nitrogens with one attached hydrogen (secondary N) is 1. The van der Waals surface area contributed by atoms with Gasteiger partial charge in [-0.2, -0.15) is 0 Å². The molecule has 24 heavy (non-hydrogen) atoms. The average molecular weight is 322 g/mol. The first-order valence-electron chi connectivity index (χ1n) is 7.69. The Morgan fingerprint density at radius 1 is 0.875 bits per heavy atom. The second-order valence-electron chi connectivity index (χ2n) is 6.71. The van der Waals surface area contributed by atoms with Gasteiger partial charge >= 0.3 is 0 Å². The molecule has 122 valence electrons. The van der Waals surface area contributed by atoms with Gasteiger partial charge in [-0.25, -0.2) is 4.90 Å². The van der Waals surface area contributed by atoms with Gasteiger partial charge in [0.2, 0.25) is 0 Å². The number of imide groups is 1. The fourth-order valence-corrected chi connectivity index (χ4v) is 2.68. The number of carbonyl (C=O) groups excluding carboxylic acids is 3. The van der Waals surface area contributed by atoms with E-state index in [1.165, 1.54) is 0 Å². The van der Waals surface area contributed by atoms with Crippen LogP contribution in [0.25, 0.3) is 0 Å². The minimum absolute atomic E-state index is 0.293. The van der Waals surface area contributed by atoms with Gasteiger partial charge in [-0.15, -0.1) is 0 Å². The number of carbonyl (C=O) groups is 3. The summed E-state index contributed by atoms with van der Waals surface area (Å²) < 4.78 is 0. The molecule has 1 heterocycles. The maximum Gasteiger partial charge on any atom is 0.266 e. The topological polar surface area (TPSA) is 66.5 Å². The third-order valence-electron chi connectivity index (χ3n) is 3.67. The van der Waals surface area contributed by atoms with Crippen LogP contribution < -0.4 is 10.2 Å². The number of hydrogen-bond donors (Lipinski definition) is 1. The second kappa shape index (κ2) is 5.60. The van der Waals surface area contributed by atoms with Crippen molar-refractivity contribution in [3.8, 4) is 0 Å². The van der Waals surface area contributed by atoms with Crippen molar-refractivity contribution in [3.05, 3.63) is 65.2 Å². The van der Waals surface area contributed by atoms with Gasteiger partial charge in [0.05, 0.1) is 22.4 Å². The average Bonchev–Trinajstić information content (AvgIpc) is 2.78. The van der Waals surface area contributed by atoms with Crippen molar-refractivity contribution < 1.29 is 14.4 Å². The Morgan fingerprint density at radius 3 is 1.92 bits per heavy atom. The molecule has 0 aromatic heterocycles. The molecule has 0 bridgehead atoms. The molecule has 0 fully saturated rings. The number of hydrogen-bond acceptors (Lipinski definition) is 3. The maximum absolute atomic E-state index is 12.6. The molecule has 3 amide bonds. The van der Waals surface area contributed by atoms with Crippen LogP contribution >= 0.6 is 0 Å². The summed E-state index contributed by atoms with van der Waals surface area (Å²) in [7, 11) is 0. The third kappa shape index (κ3) is 2.69. The summed E-state index contributed by atoms with van der Waals surface area (Å²) in [4.78, 5) is 38.9. The van der Waals surface area contributed by atoms with Gasteiger partial charge in [-0.3, -0.25) is 14.4 Å². The molecule has 0 atom stereocenters. The summed E-state index contributed by atoms with van der Waals surface area (Å²) >= 11 is 0. The molecule has 2 aromatic carbocycles. The molecule has 0 unspecified atom stereocenters. The molecule has 5 heteroatoms. The lowest BCUT2D eigenvalue weighted by Crippen LogP contribution is -2.41. The predicted molar refractivity (Wildman–Crippen MR) is 91.2 cm³/mol.